The van der Waals surface area contributed by atoms with Gasteiger partial charge in [-0.05, 0) is 41.1 Å². The Bertz CT molecular complexity index is 1250. The number of rotatable bonds is 10. The van der Waals surface area contributed by atoms with Gasteiger partial charge in [-0.15, -0.1) is 11.3 Å². The van der Waals surface area contributed by atoms with Crippen LogP contribution in [0.15, 0.2) is 83.4 Å². The highest BCUT2D eigenvalue weighted by molar-refractivity contribution is 7.12. The van der Waals surface area contributed by atoms with Crippen molar-refractivity contribution >= 4 is 23.0 Å². The molecular weight excluding hydrogens is 488 g/mol. The molecule has 1 fully saturated rings. The minimum absolute atomic E-state index is 0.124. The van der Waals surface area contributed by atoms with E-state index in [0.29, 0.717) is 37.0 Å². The fraction of sp³-hybridized carbons (Fsp3) is 0.310. The van der Waals surface area contributed by atoms with E-state index in [-0.39, 0.29) is 11.4 Å². The van der Waals surface area contributed by atoms with Crippen LogP contribution in [-0.2, 0) is 16.1 Å². The summed E-state index contributed by atoms with van der Waals surface area (Å²) in [6.45, 7) is 4.79. The van der Waals surface area contributed by atoms with Gasteiger partial charge in [0.05, 0.1) is 29.7 Å². The Morgan fingerprint density at radius 3 is 2.59 bits per heavy atom. The average molecular weight is 519 g/mol. The highest BCUT2D eigenvalue weighted by atomic mass is 32.1. The van der Waals surface area contributed by atoms with Crippen molar-refractivity contribution in [3.63, 3.8) is 0 Å². The Balaban J connectivity index is 1.40. The lowest BCUT2D eigenvalue weighted by Crippen LogP contribution is -2.39. The van der Waals surface area contributed by atoms with Crippen LogP contribution < -0.4 is 4.74 Å². The van der Waals surface area contributed by atoms with Gasteiger partial charge in [-0.3, -0.25) is 14.5 Å². The van der Waals surface area contributed by atoms with E-state index in [9.17, 15) is 14.7 Å². The molecule has 2 aliphatic heterocycles. The zero-order chi connectivity index (χ0) is 25.6. The van der Waals surface area contributed by atoms with Crippen LogP contribution in [0.5, 0.6) is 5.75 Å². The number of hydrogen-bond acceptors (Lipinski definition) is 7. The molecule has 2 aromatic carbocycles. The third kappa shape index (κ3) is 5.77. The van der Waals surface area contributed by atoms with E-state index in [0.717, 1.165) is 37.2 Å². The molecule has 0 saturated carbocycles. The molecule has 1 aromatic heterocycles. The van der Waals surface area contributed by atoms with Crippen molar-refractivity contribution in [3.05, 3.63) is 99.4 Å². The Labute approximate surface area is 220 Å². The summed E-state index contributed by atoms with van der Waals surface area (Å²) in [5.41, 5.74) is 1.90. The van der Waals surface area contributed by atoms with E-state index in [2.05, 4.69) is 4.90 Å². The highest BCUT2D eigenvalue weighted by Gasteiger charge is 2.43. The van der Waals surface area contributed by atoms with Crippen molar-refractivity contribution in [2.24, 2.45) is 0 Å². The SMILES string of the molecule is O=C(C1=C(O)C(=O)N(CCCN2CCOCC2)[C@@H]1c1cccc(OCc2ccccc2)c1)c1cccs1. The summed E-state index contributed by atoms with van der Waals surface area (Å²) in [4.78, 5) is 31.1. The van der Waals surface area contributed by atoms with E-state index in [1.54, 1.807) is 17.0 Å². The van der Waals surface area contributed by atoms with Gasteiger partial charge < -0.3 is 19.5 Å². The van der Waals surface area contributed by atoms with E-state index < -0.39 is 17.7 Å². The van der Waals surface area contributed by atoms with E-state index in [4.69, 9.17) is 9.47 Å². The van der Waals surface area contributed by atoms with Crippen LogP contribution in [0.4, 0.5) is 0 Å². The van der Waals surface area contributed by atoms with Gasteiger partial charge in [0.1, 0.15) is 12.4 Å². The lowest BCUT2D eigenvalue weighted by Gasteiger charge is -2.30. The quantitative estimate of drug-likeness (QED) is 0.395. The smallest absolute Gasteiger partial charge is 0.290 e. The van der Waals surface area contributed by atoms with Crippen molar-refractivity contribution in [1.29, 1.82) is 0 Å². The first-order valence-corrected chi connectivity index (χ1v) is 13.4. The molecule has 1 saturated heterocycles. The fourth-order valence-electron chi connectivity index (χ4n) is 4.81. The average Bonchev–Trinajstić information content (AvgIpc) is 3.56. The summed E-state index contributed by atoms with van der Waals surface area (Å²) in [5, 5.41) is 12.7. The van der Waals surface area contributed by atoms with Crippen molar-refractivity contribution in [1.82, 2.24) is 9.80 Å². The summed E-state index contributed by atoms with van der Waals surface area (Å²) in [7, 11) is 0. The minimum Gasteiger partial charge on any atom is -0.503 e. The van der Waals surface area contributed by atoms with Crippen molar-refractivity contribution in [3.8, 4) is 5.75 Å². The first kappa shape index (κ1) is 25.2. The summed E-state index contributed by atoms with van der Waals surface area (Å²) >= 11 is 1.30. The maximum atomic E-state index is 13.5. The number of hydrogen-bond donors (Lipinski definition) is 1. The maximum Gasteiger partial charge on any atom is 0.290 e. The number of Topliss-reactive ketones (excluding diaryl/α,β-unsaturated/α-hetero) is 1. The van der Waals surface area contributed by atoms with Gasteiger partial charge in [-0.1, -0.05) is 48.5 Å². The van der Waals surface area contributed by atoms with Crippen LogP contribution in [0.25, 0.3) is 0 Å². The monoisotopic (exact) mass is 518 g/mol. The normalized spacial score (nSPS) is 18.4. The molecule has 3 aromatic rings. The van der Waals surface area contributed by atoms with Crippen LogP contribution in [0.3, 0.4) is 0 Å². The molecule has 0 unspecified atom stereocenters. The number of ether oxygens (including phenoxy) is 2. The second-order valence-electron chi connectivity index (χ2n) is 9.12. The van der Waals surface area contributed by atoms with Gasteiger partial charge >= 0.3 is 0 Å². The largest absolute Gasteiger partial charge is 0.503 e. The van der Waals surface area contributed by atoms with Crippen LogP contribution in [0, 0.1) is 0 Å². The van der Waals surface area contributed by atoms with Crippen molar-refractivity contribution in [2.75, 3.05) is 39.4 Å². The second kappa shape index (κ2) is 11.7. The minimum atomic E-state index is -0.688. The number of benzene rings is 2. The number of carbonyl (C=O) groups is 2. The Morgan fingerprint density at radius 1 is 1.03 bits per heavy atom. The maximum absolute atomic E-state index is 13.5. The molecule has 7 nitrogen and oxygen atoms in total. The van der Waals surface area contributed by atoms with E-state index in [1.165, 1.54) is 11.3 Å². The zero-order valence-electron chi connectivity index (χ0n) is 20.5. The summed E-state index contributed by atoms with van der Waals surface area (Å²) in [5.74, 6) is -0.665. The van der Waals surface area contributed by atoms with Gasteiger partial charge in [0.25, 0.3) is 5.91 Å². The Hall–Kier alpha value is -3.46. The summed E-state index contributed by atoms with van der Waals surface area (Å²) in [6, 6.07) is 20.1. The number of ketones is 1. The molecule has 2 aliphatic rings. The van der Waals surface area contributed by atoms with Gasteiger partial charge in [-0.2, -0.15) is 0 Å². The third-order valence-corrected chi connectivity index (χ3v) is 7.56. The van der Waals surface area contributed by atoms with E-state index in [1.807, 2.05) is 60.0 Å². The summed E-state index contributed by atoms with van der Waals surface area (Å²) < 4.78 is 11.5. The van der Waals surface area contributed by atoms with Crippen LogP contribution in [-0.4, -0.2) is 66.0 Å². The lowest BCUT2D eigenvalue weighted by molar-refractivity contribution is -0.129. The number of nitrogens with zero attached hydrogens (tertiary/aromatic N) is 2. The molecule has 192 valence electrons. The highest BCUT2D eigenvalue weighted by Crippen LogP contribution is 2.40. The van der Waals surface area contributed by atoms with Gasteiger partial charge in [0.15, 0.2) is 5.76 Å². The molecular formula is C29H30N2O5S. The standard InChI is InChI=1S/C29H30N2O5S/c32-27(24-11-5-18-37-24)25-26(22-9-4-10-23(19-22)36-20-21-7-2-1-3-8-21)31(29(34)28(25)33)13-6-12-30-14-16-35-17-15-30/h1-5,7-11,18-19,26,33H,6,12-17,20H2/t26-/m1/s1. The van der Waals surface area contributed by atoms with Crippen molar-refractivity contribution < 1.29 is 24.2 Å². The third-order valence-electron chi connectivity index (χ3n) is 6.69. The first-order chi connectivity index (χ1) is 18.1. The molecule has 8 heteroatoms. The van der Waals surface area contributed by atoms with E-state index >= 15 is 0 Å². The molecule has 0 radical (unpaired) electrons. The van der Waals surface area contributed by atoms with Gasteiger partial charge in [-0.25, -0.2) is 0 Å². The summed E-state index contributed by atoms with van der Waals surface area (Å²) in [6.07, 6.45) is 0.722. The number of aliphatic hydroxyl groups excluding tert-OH is 1. The molecule has 0 bridgehead atoms. The topological polar surface area (TPSA) is 79.3 Å². The second-order valence-corrected chi connectivity index (χ2v) is 10.1. The molecule has 0 spiro atoms. The van der Waals surface area contributed by atoms with Gasteiger partial charge in [0.2, 0.25) is 5.78 Å². The predicted octanol–water partition coefficient (Wildman–Crippen LogP) is 4.63. The predicted molar refractivity (Wildman–Crippen MR) is 142 cm³/mol. The van der Waals surface area contributed by atoms with Crippen molar-refractivity contribution in [2.45, 2.75) is 19.1 Å². The lowest BCUT2D eigenvalue weighted by atomic mass is 9.95. The fourth-order valence-corrected chi connectivity index (χ4v) is 5.49. The number of morpholine rings is 1. The Kier molecular flexibility index (Phi) is 7.99. The van der Waals surface area contributed by atoms with Gasteiger partial charge in [0, 0.05) is 26.2 Å². The molecule has 3 heterocycles. The van der Waals surface area contributed by atoms with Crippen LogP contribution in [0.1, 0.15) is 33.3 Å². The molecule has 1 atom stereocenters. The number of carbonyl (C=O) groups excluding carboxylic acids is 2. The molecule has 1 amide bonds. The number of amides is 1. The van der Waals surface area contributed by atoms with Crippen LogP contribution in [0.2, 0.25) is 0 Å². The molecule has 37 heavy (non-hydrogen) atoms. The molecule has 5 rings (SSSR count). The molecule has 1 N–H and O–H groups in total. The van der Waals surface area contributed by atoms with Crippen LogP contribution >= 0.6 is 11.3 Å². The number of thiophene rings is 1. The first-order valence-electron chi connectivity index (χ1n) is 12.5. The molecule has 0 aliphatic carbocycles. The number of aliphatic hydroxyl groups is 1. The Morgan fingerprint density at radius 2 is 1.84 bits per heavy atom. The zero-order valence-corrected chi connectivity index (χ0v) is 21.4.